The second kappa shape index (κ2) is 7.45. The molecule has 0 radical (unpaired) electrons. The van der Waals surface area contributed by atoms with Crippen LogP contribution in [0.4, 0.5) is 0 Å². The molecule has 0 aliphatic carbocycles. The first-order valence-electron chi connectivity index (χ1n) is 7.23. The molecule has 0 heterocycles. The first-order chi connectivity index (χ1) is 10.5. The molecule has 0 N–H and O–H groups in total. The molecule has 4 heteroatoms. The van der Waals surface area contributed by atoms with Crippen LogP contribution in [0.15, 0.2) is 40.9 Å². The van der Waals surface area contributed by atoms with E-state index in [1.54, 1.807) is 18.2 Å². The zero-order chi connectivity index (χ0) is 16.1. The van der Waals surface area contributed by atoms with Crippen LogP contribution in [0.25, 0.3) is 0 Å². The van der Waals surface area contributed by atoms with Crippen molar-refractivity contribution < 1.29 is 14.3 Å². The van der Waals surface area contributed by atoms with E-state index in [0.29, 0.717) is 23.7 Å². The second-order valence-corrected chi connectivity index (χ2v) is 6.04. The number of hydrogen-bond acceptors (Lipinski definition) is 3. The first-order valence-corrected chi connectivity index (χ1v) is 8.02. The molecule has 0 aromatic heterocycles. The minimum Gasteiger partial charge on any atom is -0.493 e. The van der Waals surface area contributed by atoms with E-state index < -0.39 is 5.97 Å². The van der Waals surface area contributed by atoms with E-state index >= 15 is 0 Å². The van der Waals surface area contributed by atoms with Gasteiger partial charge in [-0.3, -0.25) is 0 Å². The molecule has 0 atom stereocenters. The molecule has 0 amide bonds. The molecule has 0 aliphatic heterocycles. The Morgan fingerprint density at radius 1 is 1.09 bits per heavy atom. The molecular formula is C18H19BrO3. The maximum Gasteiger partial charge on any atom is 0.347 e. The van der Waals surface area contributed by atoms with E-state index in [1.807, 2.05) is 39.0 Å². The fourth-order valence-corrected chi connectivity index (χ4v) is 2.30. The van der Waals surface area contributed by atoms with Gasteiger partial charge in [0.1, 0.15) is 17.1 Å². The molecule has 0 saturated carbocycles. The van der Waals surface area contributed by atoms with Crippen molar-refractivity contribution in [3.63, 3.8) is 0 Å². The number of halogens is 1. The Labute approximate surface area is 139 Å². The third-order valence-electron chi connectivity index (χ3n) is 3.31. The Morgan fingerprint density at radius 2 is 1.86 bits per heavy atom. The van der Waals surface area contributed by atoms with Crippen molar-refractivity contribution >= 4 is 21.9 Å². The molecule has 0 unspecified atom stereocenters. The van der Waals surface area contributed by atoms with Crippen molar-refractivity contribution in [2.75, 3.05) is 6.61 Å². The largest absolute Gasteiger partial charge is 0.493 e. The zero-order valence-corrected chi connectivity index (χ0v) is 14.6. The van der Waals surface area contributed by atoms with Crippen molar-refractivity contribution in [1.82, 2.24) is 0 Å². The van der Waals surface area contributed by atoms with Crippen LogP contribution in [0, 0.1) is 13.8 Å². The van der Waals surface area contributed by atoms with E-state index in [-0.39, 0.29) is 0 Å². The minimum absolute atomic E-state index is 0.418. The van der Waals surface area contributed by atoms with Crippen molar-refractivity contribution in [1.29, 1.82) is 0 Å². The molecule has 2 rings (SSSR count). The molecule has 2 aromatic carbocycles. The highest BCUT2D eigenvalue weighted by atomic mass is 79.9. The number of carbonyl (C=O) groups excluding carboxylic acids is 1. The molecular weight excluding hydrogens is 344 g/mol. The highest BCUT2D eigenvalue weighted by molar-refractivity contribution is 9.10. The third-order valence-corrected chi connectivity index (χ3v) is 3.81. The van der Waals surface area contributed by atoms with Gasteiger partial charge in [-0.05, 0) is 61.7 Å². The van der Waals surface area contributed by atoms with Gasteiger partial charge in [-0.15, -0.1) is 0 Å². The predicted octanol–water partition coefficient (Wildman–Crippen LogP) is 5.07. The topological polar surface area (TPSA) is 35.5 Å². The Bertz CT molecular complexity index is 680. The Morgan fingerprint density at radius 3 is 2.55 bits per heavy atom. The third kappa shape index (κ3) is 4.10. The van der Waals surface area contributed by atoms with Crippen LogP contribution in [0.2, 0.25) is 0 Å². The lowest BCUT2D eigenvalue weighted by atomic mass is 10.1. The molecule has 22 heavy (non-hydrogen) atoms. The van der Waals surface area contributed by atoms with Crippen molar-refractivity contribution in [3.8, 4) is 11.5 Å². The van der Waals surface area contributed by atoms with E-state index in [2.05, 4.69) is 15.9 Å². The maximum absolute atomic E-state index is 12.4. The lowest BCUT2D eigenvalue weighted by Crippen LogP contribution is -2.11. The summed E-state index contributed by atoms with van der Waals surface area (Å²) in [5, 5.41) is 0. The van der Waals surface area contributed by atoms with Gasteiger partial charge in [0.25, 0.3) is 0 Å². The summed E-state index contributed by atoms with van der Waals surface area (Å²) < 4.78 is 11.9. The predicted molar refractivity (Wildman–Crippen MR) is 90.8 cm³/mol. The number of benzene rings is 2. The van der Waals surface area contributed by atoms with Gasteiger partial charge >= 0.3 is 5.97 Å². The summed E-state index contributed by atoms with van der Waals surface area (Å²) >= 11 is 3.38. The van der Waals surface area contributed by atoms with Crippen LogP contribution in [0.1, 0.15) is 34.8 Å². The summed E-state index contributed by atoms with van der Waals surface area (Å²) in [6.07, 6.45) is 0.877. The fraction of sp³-hybridized carbons (Fsp3) is 0.278. The lowest BCUT2D eigenvalue weighted by molar-refractivity contribution is 0.0730. The quantitative estimate of drug-likeness (QED) is 0.549. The first kappa shape index (κ1) is 16.6. The number of esters is 1. The molecule has 2 aromatic rings. The molecule has 0 aliphatic rings. The van der Waals surface area contributed by atoms with Gasteiger partial charge in [0, 0.05) is 4.47 Å². The van der Waals surface area contributed by atoms with Gasteiger partial charge in [0.05, 0.1) is 6.61 Å². The summed E-state index contributed by atoms with van der Waals surface area (Å²) in [7, 11) is 0. The smallest absolute Gasteiger partial charge is 0.347 e. The van der Waals surface area contributed by atoms with Crippen LogP contribution in [-0.4, -0.2) is 12.6 Å². The van der Waals surface area contributed by atoms with Gasteiger partial charge in [-0.2, -0.15) is 0 Å². The average Bonchev–Trinajstić information content (AvgIpc) is 2.49. The van der Waals surface area contributed by atoms with Gasteiger partial charge in [-0.25, -0.2) is 4.79 Å². The number of ether oxygens (including phenoxy) is 2. The van der Waals surface area contributed by atoms with Crippen molar-refractivity contribution in [2.24, 2.45) is 0 Å². The average molecular weight is 363 g/mol. The number of rotatable bonds is 5. The second-order valence-electron chi connectivity index (χ2n) is 5.12. The standard InChI is InChI=1S/C18H19BrO3/c1-4-9-21-17-8-6-14(19)11-16(17)18(20)22-15-7-5-12(2)13(3)10-15/h5-8,10-11H,4,9H2,1-3H3. The number of carbonyl (C=O) groups is 1. The van der Waals surface area contributed by atoms with Crippen LogP contribution >= 0.6 is 15.9 Å². The van der Waals surface area contributed by atoms with Crippen LogP contribution in [-0.2, 0) is 0 Å². The molecule has 0 fully saturated rings. The van der Waals surface area contributed by atoms with Gasteiger partial charge in [0.2, 0.25) is 0 Å². The SMILES string of the molecule is CCCOc1ccc(Br)cc1C(=O)Oc1ccc(C)c(C)c1. The van der Waals surface area contributed by atoms with E-state index in [4.69, 9.17) is 9.47 Å². The maximum atomic E-state index is 12.4. The molecule has 0 saturated heterocycles. The van der Waals surface area contributed by atoms with Crippen LogP contribution < -0.4 is 9.47 Å². The number of aryl methyl sites for hydroxylation is 2. The minimum atomic E-state index is -0.421. The summed E-state index contributed by atoms with van der Waals surface area (Å²) in [6.45, 7) is 6.59. The van der Waals surface area contributed by atoms with Gasteiger partial charge in [0.15, 0.2) is 0 Å². The summed E-state index contributed by atoms with van der Waals surface area (Å²) in [6, 6.07) is 10.9. The molecule has 116 valence electrons. The number of hydrogen-bond donors (Lipinski definition) is 0. The van der Waals surface area contributed by atoms with Crippen LogP contribution in [0.5, 0.6) is 11.5 Å². The van der Waals surface area contributed by atoms with Crippen LogP contribution in [0.3, 0.4) is 0 Å². The van der Waals surface area contributed by atoms with Crippen molar-refractivity contribution in [3.05, 3.63) is 57.6 Å². The van der Waals surface area contributed by atoms with Crippen molar-refractivity contribution in [2.45, 2.75) is 27.2 Å². The highest BCUT2D eigenvalue weighted by Crippen LogP contribution is 2.26. The highest BCUT2D eigenvalue weighted by Gasteiger charge is 2.16. The van der Waals surface area contributed by atoms with E-state index in [9.17, 15) is 4.79 Å². The molecule has 0 spiro atoms. The summed E-state index contributed by atoms with van der Waals surface area (Å²) in [4.78, 5) is 12.4. The summed E-state index contributed by atoms with van der Waals surface area (Å²) in [5.41, 5.74) is 2.66. The molecule has 3 nitrogen and oxygen atoms in total. The zero-order valence-electron chi connectivity index (χ0n) is 13.0. The Hall–Kier alpha value is -1.81. The fourth-order valence-electron chi connectivity index (χ4n) is 1.94. The Balaban J connectivity index is 2.24. The summed E-state index contributed by atoms with van der Waals surface area (Å²) in [5.74, 6) is 0.657. The van der Waals surface area contributed by atoms with E-state index in [0.717, 1.165) is 22.0 Å². The Kier molecular flexibility index (Phi) is 5.61. The van der Waals surface area contributed by atoms with E-state index in [1.165, 1.54) is 0 Å². The normalized spacial score (nSPS) is 10.4. The van der Waals surface area contributed by atoms with Gasteiger partial charge < -0.3 is 9.47 Å². The lowest BCUT2D eigenvalue weighted by Gasteiger charge is -2.11. The molecule has 0 bridgehead atoms. The van der Waals surface area contributed by atoms with Gasteiger partial charge in [-0.1, -0.05) is 28.9 Å². The monoisotopic (exact) mass is 362 g/mol.